The van der Waals surface area contributed by atoms with Gasteiger partial charge in [-0.1, -0.05) is 12.1 Å². The summed E-state index contributed by atoms with van der Waals surface area (Å²) < 4.78 is 23.3. The first kappa shape index (κ1) is 29.7. The normalized spacial score (nSPS) is 29.0. The monoisotopic (exact) mass is 597 g/mol. The molecule has 43 heavy (non-hydrogen) atoms. The Morgan fingerprint density at radius 2 is 1.79 bits per heavy atom. The first-order chi connectivity index (χ1) is 20.6. The molecule has 2 fully saturated rings. The van der Waals surface area contributed by atoms with E-state index in [4.69, 9.17) is 18.9 Å². The minimum Gasteiger partial charge on any atom is -0.507 e. The standard InChI is InChI=1S/C31H35NO11/c1-15-10-16(32-6-8-41-9-7-32)11-22(42-15)43-20-13-31(39,21(34)14-33)12-18-24(20)30(38)26-25(28(18)36)27(35)17-4-3-5-19(40-2)23(17)29(26)37/h3-5,15-16,20,22,33,36,38-39H,6-14H2,1-2H3/t15-,16+,20-,22-,31-/m0/s1. The molecule has 6 rings (SSSR count). The third-order valence-corrected chi connectivity index (χ3v) is 9.07. The maximum absolute atomic E-state index is 13.8. The van der Waals surface area contributed by atoms with Gasteiger partial charge in [0.05, 0.1) is 49.2 Å². The van der Waals surface area contributed by atoms with Gasteiger partial charge in [0.1, 0.15) is 29.5 Å². The van der Waals surface area contributed by atoms with Crippen molar-refractivity contribution in [2.24, 2.45) is 0 Å². The van der Waals surface area contributed by atoms with Gasteiger partial charge >= 0.3 is 0 Å². The number of Topliss-reactive ketones (excluding diaryl/α,β-unsaturated/α-hetero) is 1. The first-order valence-corrected chi connectivity index (χ1v) is 14.4. The third kappa shape index (κ3) is 4.91. The highest BCUT2D eigenvalue weighted by Gasteiger charge is 2.50. The average molecular weight is 598 g/mol. The van der Waals surface area contributed by atoms with Crippen LogP contribution in [0.5, 0.6) is 17.2 Å². The number of hydrogen-bond acceptors (Lipinski definition) is 12. The number of benzene rings is 2. The van der Waals surface area contributed by atoms with Gasteiger partial charge in [-0.25, -0.2) is 0 Å². The molecule has 5 atom stereocenters. The molecule has 2 aromatic rings. The Morgan fingerprint density at radius 3 is 2.49 bits per heavy atom. The van der Waals surface area contributed by atoms with Crippen LogP contribution in [0.2, 0.25) is 0 Å². The molecule has 4 aliphatic rings. The van der Waals surface area contributed by atoms with Gasteiger partial charge in [-0.15, -0.1) is 0 Å². The predicted molar refractivity (Wildman–Crippen MR) is 149 cm³/mol. The summed E-state index contributed by atoms with van der Waals surface area (Å²) in [6, 6.07) is 4.57. The zero-order chi connectivity index (χ0) is 30.6. The molecule has 2 aliphatic carbocycles. The Kier molecular flexibility index (Phi) is 7.78. The molecule has 12 nitrogen and oxygen atoms in total. The maximum Gasteiger partial charge on any atom is 0.202 e. The summed E-state index contributed by atoms with van der Waals surface area (Å²) in [7, 11) is 1.35. The lowest BCUT2D eigenvalue weighted by atomic mass is 9.72. The number of hydrogen-bond donors (Lipinski definition) is 4. The maximum atomic E-state index is 13.8. The van der Waals surface area contributed by atoms with Crippen LogP contribution in [0.3, 0.4) is 0 Å². The zero-order valence-corrected chi connectivity index (χ0v) is 24.0. The quantitative estimate of drug-likeness (QED) is 0.302. The molecule has 0 unspecified atom stereocenters. The zero-order valence-electron chi connectivity index (χ0n) is 24.0. The molecule has 0 radical (unpaired) electrons. The number of nitrogens with zero attached hydrogens (tertiary/aromatic N) is 1. The van der Waals surface area contributed by atoms with Gasteiger partial charge in [0.15, 0.2) is 17.9 Å². The molecule has 2 saturated heterocycles. The number of ketones is 3. The minimum absolute atomic E-state index is 0.0177. The molecule has 0 aromatic heterocycles. The van der Waals surface area contributed by atoms with E-state index in [1.54, 1.807) is 0 Å². The molecule has 2 aromatic carbocycles. The fourth-order valence-electron chi connectivity index (χ4n) is 6.98. The highest BCUT2D eigenvalue weighted by molar-refractivity contribution is 6.31. The average Bonchev–Trinajstić information content (AvgIpc) is 3.00. The number of rotatable bonds is 6. The first-order valence-electron chi connectivity index (χ1n) is 14.4. The molecule has 12 heteroatoms. The summed E-state index contributed by atoms with van der Waals surface area (Å²) in [5.41, 5.74) is -3.22. The number of carbonyl (C=O) groups excluding carboxylic acids is 3. The molecule has 4 N–H and O–H groups in total. The summed E-state index contributed by atoms with van der Waals surface area (Å²) in [5, 5.41) is 44.3. The number of carbonyl (C=O) groups is 3. The molecular formula is C31H35NO11. The molecule has 2 aliphatic heterocycles. The van der Waals surface area contributed by atoms with E-state index >= 15 is 0 Å². The van der Waals surface area contributed by atoms with Gasteiger partial charge in [-0.2, -0.15) is 0 Å². The summed E-state index contributed by atoms with van der Waals surface area (Å²) in [6.45, 7) is 3.67. The molecule has 0 amide bonds. The Morgan fingerprint density at radius 1 is 1.07 bits per heavy atom. The van der Waals surface area contributed by atoms with Gasteiger partial charge in [-0.3, -0.25) is 19.3 Å². The van der Waals surface area contributed by atoms with Crippen molar-refractivity contribution >= 4 is 17.3 Å². The van der Waals surface area contributed by atoms with Crippen molar-refractivity contribution in [3.63, 3.8) is 0 Å². The van der Waals surface area contributed by atoms with Crippen molar-refractivity contribution in [3.05, 3.63) is 51.6 Å². The Balaban J connectivity index is 1.44. The molecule has 0 saturated carbocycles. The van der Waals surface area contributed by atoms with E-state index in [-0.39, 0.29) is 46.6 Å². The van der Waals surface area contributed by atoms with Crippen LogP contribution in [-0.2, 0) is 25.4 Å². The summed E-state index contributed by atoms with van der Waals surface area (Å²) in [4.78, 5) is 42.5. The van der Waals surface area contributed by atoms with E-state index in [9.17, 15) is 34.8 Å². The number of aromatic hydroxyl groups is 2. The second kappa shape index (κ2) is 11.3. The van der Waals surface area contributed by atoms with Gasteiger partial charge in [0.2, 0.25) is 5.78 Å². The summed E-state index contributed by atoms with van der Waals surface area (Å²) in [5.74, 6) is -3.46. The van der Waals surface area contributed by atoms with E-state index in [1.807, 2.05) is 6.92 Å². The topological polar surface area (TPSA) is 172 Å². The molecule has 2 heterocycles. The fraction of sp³-hybridized carbons (Fsp3) is 0.516. The van der Waals surface area contributed by atoms with Crippen molar-refractivity contribution in [3.8, 4) is 17.2 Å². The van der Waals surface area contributed by atoms with E-state index in [0.29, 0.717) is 19.6 Å². The number of fused-ring (bicyclic) bond motifs is 3. The van der Waals surface area contributed by atoms with Crippen LogP contribution < -0.4 is 4.74 Å². The van der Waals surface area contributed by atoms with Crippen LogP contribution >= 0.6 is 0 Å². The van der Waals surface area contributed by atoms with Gasteiger partial charge in [0, 0.05) is 55.1 Å². The van der Waals surface area contributed by atoms with Gasteiger partial charge in [-0.05, 0) is 19.4 Å². The van der Waals surface area contributed by atoms with Crippen LogP contribution in [-0.4, -0.2) is 107 Å². The lowest BCUT2D eigenvalue weighted by Crippen LogP contribution is -2.51. The number of methoxy groups -OCH3 is 1. The number of ether oxygens (including phenoxy) is 4. The van der Waals surface area contributed by atoms with Crippen molar-refractivity contribution < 1.29 is 53.8 Å². The van der Waals surface area contributed by atoms with Crippen molar-refractivity contribution in [1.29, 1.82) is 0 Å². The Hall–Kier alpha value is -3.39. The van der Waals surface area contributed by atoms with E-state index < -0.39 is 71.0 Å². The van der Waals surface area contributed by atoms with Crippen molar-refractivity contribution in [2.45, 2.75) is 62.7 Å². The second-order valence-corrected chi connectivity index (χ2v) is 11.6. The molecule has 0 spiro atoms. The van der Waals surface area contributed by atoms with E-state index in [2.05, 4.69) is 4.90 Å². The van der Waals surface area contributed by atoms with Crippen LogP contribution in [0, 0.1) is 0 Å². The number of morpholine rings is 1. The smallest absolute Gasteiger partial charge is 0.202 e. The minimum atomic E-state index is -2.18. The molecular weight excluding hydrogens is 562 g/mol. The lowest BCUT2D eigenvalue weighted by Gasteiger charge is -2.44. The molecule has 0 bridgehead atoms. The van der Waals surface area contributed by atoms with Gasteiger partial charge < -0.3 is 39.4 Å². The van der Waals surface area contributed by atoms with Crippen LogP contribution in [0.4, 0.5) is 0 Å². The van der Waals surface area contributed by atoms with Crippen LogP contribution in [0.1, 0.15) is 75.3 Å². The largest absolute Gasteiger partial charge is 0.507 e. The van der Waals surface area contributed by atoms with E-state index in [1.165, 1.54) is 25.3 Å². The Bertz CT molecular complexity index is 1480. The number of phenols is 2. The summed E-state index contributed by atoms with van der Waals surface area (Å²) >= 11 is 0. The molecule has 230 valence electrons. The SMILES string of the molecule is COc1cccc2c1C(=O)c1c(O)c3c(c(O)c1C2=O)C[C@@](O)(C(=O)CO)C[C@@H]3O[C@H]1C[C@H](N2CCOCC2)C[C@H](C)O1. The highest BCUT2D eigenvalue weighted by atomic mass is 16.7. The van der Waals surface area contributed by atoms with Crippen molar-refractivity contribution in [1.82, 2.24) is 4.90 Å². The third-order valence-electron chi connectivity index (χ3n) is 9.07. The van der Waals surface area contributed by atoms with E-state index in [0.717, 1.165) is 19.5 Å². The van der Waals surface area contributed by atoms with Crippen LogP contribution in [0.15, 0.2) is 18.2 Å². The van der Waals surface area contributed by atoms with Gasteiger partial charge in [0.25, 0.3) is 0 Å². The fourth-order valence-corrected chi connectivity index (χ4v) is 6.98. The number of aliphatic hydroxyl groups excluding tert-OH is 1. The summed E-state index contributed by atoms with van der Waals surface area (Å²) in [6.07, 6.45) is -1.95. The number of phenolic OH excluding ortho intramolecular Hbond substituents is 2. The highest BCUT2D eigenvalue weighted by Crippen LogP contribution is 2.52. The lowest BCUT2D eigenvalue weighted by molar-refractivity contribution is -0.235. The second-order valence-electron chi connectivity index (χ2n) is 11.6. The Labute approximate surface area is 247 Å². The number of aliphatic hydroxyl groups is 2. The van der Waals surface area contributed by atoms with Crippen LogP contribution in [0.25, 0.3) is 0 Å². The van der Waals surface area contributed by atoms with Crippen molar-refractivity contribution in [2.75, 3.05) is 40.0 Å². The predicted octanol–water partition coefficient (Wildman–Crippen LogP) is 1.40.